The van der Waals surface area contributed by atoms with Crippen LogP contribution in [0.4, 0.5) is 5.69 Å². The first-order valence-corrected chi connectivity index (χ1v) is 12.0. The molecule has 3 unspecified atom stereocenters. The number of carbonyl (C=O) groups is 1. The number of anilines is 1. The molecule has 3 atom stereocenters. The Morgan fingerprint density at radius 1 is 1.29 bits per heavy atom. The number of aromatic hydroxyl groups is 1. The highest BCUT2D eigenvalue weighted by molar-refractivity contribution is 5.83. The molecular formula is C26H33N3O5. The predicted molar refractivity (Wildman–Crippen MR) is 128 cm³/mol. The molecule has 3 aliphatic heterocycles. The Morgan fingerprint density at radius 3 is 2.74 bits per heavy atom. The summed E-state index contributed by atoms with van der Waals surface area (Å²) in [6.45, 7) is 6.85. The van der Waals surface area contributed by atoms with Crippen LogP contribution in [0.2, 0.25) is 0 Å². The molecule has 0 aliphatic carbocycles. The van der Waals surface area contributed by atoms with Crippen LogP contribution in [0, 0.1) is 5.92 Å². The minimum Gasteiger partial charge on any atom is -0.508 e. The molecule has 2 N–H and O–H groups in total. The van der Waals surface area contributed by atoms with Gasteiger partial charge >= 0.3 is 5.97 Å². The fraction of sp³-hybridized carbons (Fsp3) is 0.538. The van der Waals surface area contributed by atoms with Gasteiger partial charge in [0.1, 0.15) is 12.4 Å². The summed E-state index contributed by atoms with van der Waals surface area (Å²) >= 11 is 0. The highest BCUT2D eigenvalue weighted by Crippen LogP contribution is 2.46. The van der Waals surface area contributed by atoms with Gasteiger partial charge in [-0.3, -0.25) is 4.79 Å². The largest absolute Gasteiger partial charge is 0.508 e. The Hall–Kier alpha value is -2.84. The van der Waals surface area contributed by atoms with Crippen LogP contribution in [0.15, 0.2) is 23.0 Å². The number of carbonyl (C=O) groups excluding carboxylic acids is 1. The lowest BCUT2D eigenvalue weighted by Crippen LogP contribution is -2.47. The van der Waals surface area contributed by atoms with Gasteiger partial charge in [-0.25, -0.2) is 4.79 Å². The first-order chi connectivity index (χ1) is 16.2. The number of cyclic esters (lactones) is 1. The quantitative estimate of drug-likeness (QED) is 0.516. The van der Waals surface area contributed by atoms with E-state index in [1.807, 2.05) is 56.5 Å². The number of hydrogen-bond donors (Lipinski definition) is 2. The second-order valence-electron chi connectivity index (χ2n) is 10.2. The molecule has 8 heteroatoms. The van der Waals surface area contributed by atoms with Crippen LogP contribution in [0.3, 0.4) is 0 Å². The van der Waals surface area contributed by atoms with Crippen LogP contribution in [-0.2, 0) is 46.0 Å². The van der Waals surface area contributed by atoms with Crippen molar-refractivity contribution in [2.75, 3.05) is 19.4 Å². The number of fused-ring (bicyclic) bond motifs is 5. The molecule has 0 amide bonds. The van der Waals surface area contributed by atoms with Crippen molar-refractivity contribution in [2.45, 2.75) is 71.1 Å². The lowest BCUT2D eigenvalue weighted by molar-refractivity contribution is -0.187. The summed E-state index contributed by atoms with van der Waals surface area (Å²) in [4.78, 5) is 28.6. The SMILES string of the molecule is CCC1(OC(C)C)C(=O)OCc2c1cc1n(c2=O)CC2Cc3c(ccc(O)c3CN(C)C)NC12. The van der Waals surface area contributed by atoms with Crippen molar-refractivity contribution < 1.29 is 19.4 Å². The molecule has 0 fully saturated rings. The van der Waals surface area contributed by atoms with Crippen LogP contribution in [0.5, 0.6) is 5.75 Å². The number of hydrogen-bond acceptors (Lipinski definition) is 7. The molecule has 0 saturated heterocycles. The Balaban J connectivity index is 1.61. The lowest BCUT2D eigenvalue weighted by atomic mass is 9.83. The lowest BCUT2D eigenvalue weighted by Gasteiger charge is -2.38. The van der Waals surface area contributed by atoms with Crippen LogP contribution >= 0.6 is 0 Å². The first-order valence-electron chi connectivity index (χ1n) is 12.0. The third-order valence-corrected chi connectivity index (χ3v) is 7.34. The van der Waals surface area contributed by atoms with Crippen LogP contribution < -0.4 is 10.9 Å². The van der Waals surface area contributed by atoms with E-state index >= 15 is 0 Å². The number of nitrogens with zero attached hydrogens (tertiary/aromatic N) is 2. The van der Waals surface area contributed by atoms with Crippen LogP contribution in [-0.4, -0.2) is 40.7 Å². The fourth-order valence-corrected chi connectivity index (χ4v) is 5.88. The van der Waals surface area contributed by atoms with Gasteiger partial charge in [-0.1, -0.05) is 6.92 Å². The molecule has 1 aromatic heterocycles. The molecule has 3 aliphatic rings. The minimum atomic E-state index is -1.27. The van der Waals surface area contributed by atoms with Crippen molar-refractivity contribution in [3.63, 3.8) is 0 Å². The number of benzene rings is 1. The molecule has 182 valence electrons. The molecule has 2 aromatic rings. The Kier molecular flexibility index (Phi) is 5.48. The molecule has 5 rings (SSSR count). The van der Waals surface area contributed by atoms with Gasteiger partial charge in [-0.05, 0) is 64.5 Å². The van der Waals surface area contributed by atoms with Gasteiger partial charge in [0.25, 0.3) is 5.56 Å². The average Bonchev–Trinajstić information content (AvgIpc) is 3.14. The van der Waals surface area contributed by atoms with E-state index in [1.54, 1.807) is 6.07 Å². The van der Waals surface area contributed by atoms with Crippen molar-refractivity contribution >= 4 is 11.7 Å². The highest BCUT2D eigenvalue weighted by Gasteiger charge is 2.49. The van der Waals surface area contributed by atoms with E-state index in [4.69, 9.17) is 9.47 Å². The molecule has 0 radical (unpaired) electrons. The van der Waals surface area contributed by atoms with E-state index in [-0.39, 0.29) is 30.2 Å². The number of nitrogens with one attached hydrogen (secondary N) is 1. The van der Waals surface area contributed by atoms with E-state index in [0.29, 0.717) is 36.4 Å². The van der Waals surface area contributed by atoms with Crippen molar-refractivity contribution in [1.82, 2.24) is 9.47 Å². The van der Waals surface area contributed by atoms with Gasteiger partial charge in [0.2, 0.25) is 0 Å². The average molecular weight is 468 g/mol. The van der Waals surface area contributed by atoms with Crippen LogP contribution in [0.25, 0.3) is 0 Å². The summed E-state index contributed by atoms with van der Waals surface area (Å²) < 4.78 is 13.5. The van der Waals surface area contributed by atoms with Gasteiger partial charge in [-0.2, -0.15) is 0 Å². The van der Waals surface area contributed by atoms with E-state index in [9.17, 15) is 14.7 Å². The third-order valence-electron chi connectivity index (χ3n) is 7.34. The van der Waals surface area contributed by atoms with Crippen molar-refractivity contribution in [1.29, 1.82) is 0 Å². The standard InChI is InChI=1S/C26H33N3O5/c1-6-26(34-14(2)3)19-10-21-23-15(11-29(21)24(31)18(19)13-33-25(26)32)9-16-17(12-28(4)5)22(30)8-7-20(16)27-23/h7-8,10,14-15,23,27,30H,6,9,11-13H2,1-5H3. The molecule has 0 spiro atoms. The zero-order chi connectivity index (χ0) is 24.4. The molecule has 8 nitrogen and oxygen atoms in total. The topological polar surface area (TPSA) is 93.0 Å². The summed E-state index contributed by atoms with van der Waals surface area (Å²) in [7, 11) is 3.96. The number of phenolic OH excluding ortho intramolecular Hbond substituents is 1. The highest BCUT2D eigenvalue weighted by atomic mass is 16.6. The first kappa shape index (κ1) is 22.9. The van der Waals surface area contributed by atoms with Crippen molar-refractivity contribution in [2.24, 2.45) is 5.92 Å². The summed E-state index contributed by atoms with van der Waals surface area (Å²) in [5.41, 5.74) is 3.65. The van der Waals surface area contributed by atoms with E-state index in [1.165, 1.54) is 0 Å². The normalized spacial score (nSPS) is 24.9. The number of phenols is 1. The Labute approximate surface area is 199 Å². The Bertz CT molecular complexity index is 1220. The van der Waals surface area contributed by atoms with E-state index in [2.05, 4.69) is 5.32 Å². The molecule has 1 aromatic carbocycles. The van der Waals surface area contributed by atoms with E-state index < -0.39 is 11.6 Å². The van der Waals surface area contributed by atoms with E-state index in [0.717, 1.165) is 28.9 Å². The smallest absolute Gasteiger partial charge is 0.343 e. The number of aromatic nitrogens is 1. The molecule has 0 saturated carbocycles. The molecule has 4 heterocycles. The van der Waals surface area contributed by atoms with Crippen molar-refractivity contribution in [3.8, 4) is 5.75 Å². The molecule has 0 bridgehead atoms. The second-order valence-corrected chi connectivity index (χ2v) is 10.2. The number of pyridine rings is 1. The third kappa shape index (κ3) is 3.34. The van der Waals surface area contributed by atoms with Gasteiger partial charge < -0.3 is 29.4 Å². The van der Waals surface area contributed by atoms with Crippen molar-refractivity contribution in [3.05, 3.63) is 56.5 Å². The zero-order valence-corrected chi connectivity index (χ0v) is 20.5. The Morgan fingerprint density at radius 2 is 2.06 bits per heavy atom. The minimum absolute atomic E-state index is 0.0275. The van der Waals surface area contributed by atoms with Gasteiger partial charge in [0, 0.05) is 41.5 Å². The van der Waals surface area contributed by atoms with Gasteiger partial charge in [0.15, 0.2) is 5.60 Å². The summed E-state index contributed by atoms with van der Waals surface area (Å²) in [5, 5.41) is 14.2. The summed E-state index contributed by atoms with van der Waals surface area (Å²) in [6, 6.07) is 5.57. The van der Waals surface area contributed by atoms with Gasteiger partial charge in [-0.15, -0.1) is 0 Å². The number of esters is 1. The number of rotatable bonds is 5. The number of ether oxygens (including phenoxy) is 2. The maximum Gasteiger partial charge on any atom is 0.343 e. The second kappa shape index (κ2) is 8.13. The molecular weight excluding hydrogens is 434 g/mol. The summed E-state index contributed by atoms with van der Waals surface area (Å²) in [6.07, 6.45) is 0.939. The maximum absolute atomic E-state index is 13.6. The van der Waals surface area contributed by atoms with Gasteiger partial charge in [0.05, 0.1) is 17.7 Å². The summed E-state index contributed by atoms with van der Waals surface area (Å²) in [5.74, 6) is 0.0244. The predicted octanol–water partition coefficient (Wildman–Crippen LogP) is 3.04. The molecule has 34 heavy (non-hydrogen) atoms. The maximum atomic E-state index is 13.6. The van der Waals surface area contributed by atoms with Crippen LogP contribution in [0.1, 0.15) is 61.2 Å². The monoisotopic (exact) mass is 467 g/mol. The fourth-order valence-electron chi connectivity index (χ4n) is 5.88. The zero-order valence-electron chi connectivity index (χ0n) is 20.5.